The van der Waals surface area contributed by atoms with Crippen LogP contribution in [0.5, 0.6) is 0 Å². The molecule has 3 amide bonds. The van der Waals surface area contributed by atoms with E-state index < -0.39 is 77.0 Å². The van der Waals surface area contributed by atoms with Crippen molar-refractivity contribution in [2.24, 2.45) is 17.8 Å². The molecule has 6 rings (SSSR count). The molecule has 9 atom stereocenters. The number of esters is 1. The van der Waals surface area contributed by atoms with Crippen LogP contribution >= 0.6 is 15.9 Å². The summed E-state index contributed by atoms with van der Waals surface area (Å²) in [6.45, 7) is 11.0. The van der Waals surface area contributed by atoms with Crippen LogP contribution in [0.4, 0.5) is 0 Å². The van der Waals surface area contributed by atoms with E-state index in [1.54, 1.807) is 41.1 Å². The lowest BCUT2D eigenvalue weighted by molar-refractivity contribution is -0.163. The fourth-order valence-corrected chi connectivity index (χ4v) is 9.39. The molecule has 55 heavy (non-hydrogen) atoms. The molecule has 2 N–H and O–H groups in total. The number of carbonyl (C=O) groups excluding carboxylic acids is 4. The minimum absolute atomic E-state index is 0.000910. The van der Waals surface area contributed by atoms with Crippen LogP contribution in [0, 0.1) is 17.8 Å². The van der Waals surface area contributed by atoms with Crippen molar-refractivity contribution < 1.29 is 38.5 Å². The largest absolute Gasteiger partial charge is 0.455 e. The second-order valence-electron chi connectivity index (χ2n) is 14.7. The van der Waals surface area contributed by atoms with Crippen LogP contribution in [-0.2, 0) is 40.1 Å². The first-order chi connectivity index (χ1) is 26.5. The Labute approximate surface area is 329 Å². The summed E-state index contributed by atoms with van der Waals surface area (Å²) in [5.74, 6) is -4.35. The van der Waals surface area contributed by atoms with Gasteiger partial charge in [-0.1, -0.05) is 89.6 Å². The van der Waals surface area contributed by atoms with E-state index in [1.807, 2.05) is 44.2 Å². The highest BCUT2D eigenvalue weighted by atomic mass is 79.9. The Bertz CT molecular complexity index is 1890. The number of benzene rings is 2. The molecule has 0 aliphatic carbocycles. The van der Waals surface area contributed by atoms with E-state index in [0.29, 0.717) is 23.0 Å². The summed E-state index contributed by atoms with van der Waals surface area (Å²) in [6.07, 6.45) is 2.34. The first kappa shape index (κ1) is 40.2. The quantitative estimate of drug-likeness (QED) is 0.110. The molecular weight excluding hydrogens is 772 g/mol. The highest BCUT2D eigenvalue weighted by Crippen LogP contribution is 2.61. The van der Waals surface area contributed by atoms with E-state index in [0.717, 1.165) is 0 Å². The van der Waals surface area contributed by atoms with Gasteiger partial charge in [-0.25, -0.2) is 4.68 Å². The van der Waals surface area contributed by atoms with Crippen LogP contribution in [0.3, 0.4) is 0 Å². The Morgan fingerprint density at radius 2 is 1.87 bits per heavy atom. The summed E-state index contributed by atoms with van der Waals surface area (Å²) < 4.78 is 20.2. The third-order valence-corrected chi connectivity index (χ3v) is 11.8. The van der Waals surface area contributed by atoms with E-state index >= 15 is 4.79 Å². The number of ether oxygens (including phenoxy) is 3. The summed E-state index contributed by atoms with van der Waals surface area (Å²) in [4.78, 5) is 60.2. The zero-order valence-electron chi connectivity index (χ0n) is 31.3. The van der Waals surface area contributed by atoms with Crippen LogP contribution in [0.2, 0.25) is 0 Å². The first-order valence-electron chi connectivity index (χ1n) is 18.6. The van der Waals surface area contributed by atoms with Gasteiger partial charge in [0, 0.05) is 24.9 Å². The number of aromatic nitrogens is 3. The number of amides is 3. The number of methoxy groups -OCH3 is 1. The number of likely N-dealkylation sites (tertiary alicyclic amines) is 1. The second-order valence-corrected chi connectivity index (χ2v) is 15.9. The molecule has 2 aromatic carbocycles. The number of hydrogen-bond acceptors (Lipinski definition) is 10. The number of nitrogens with zero attached hydrogens (tertiary/aromatic N) is 5. The average Bonchev–Trinajstić information content (AvgIpc) is 3.90. The molecule has 0 radical (unpaired) electrons. The SMILES string of the molecule is C=CCCC(=O)N[C@@H](COC)[C@@H](OC(=O)[C@@H]1[C@H]2O[C@@]3(CC2Br)[C@H](C(=O)N(CC=C)Cn2nnc4ccccc42)N([C@@H](CO)C(C)C)C(=O)[C@@H]13)c1ccccc1. The molecule has 14 nitrogen and oxygen atoms in total. The maximum absolute atomic E-state index is 15.1. The number of aliphatic hydroxyl groups is 1. The fourth-order valence-electron chi connectivity index (χ4n) is 8.45. The Balaban J connectivity index is 1.38. The number of nitrogens with one attached hydrogen (secondary N) is 1. The number of carbonyl (C=O) groups is 4. The van der Waals surface area contributed by atoms with Crippen LogP contribution < -0.4 is 5.32 Å². The third kappa shape index (κ3) is 7.59. The van der Waals surface area contributed by atoms with Crippen molar-refractivity contribution in [1.29, 1.82) is 0 Å². The minimum atomic E-state index is -1.43. The van der Waals surface area contributed by atoms with Crippen molar-refractivity contribution in [3.8, 4) is 0 Å². The predicted molar refractivity (Wildman–Crippen MR) is 206 cm³/mol. The molecule has 1 aromatic heterocycles. The van der Waals surface area contributed by atoms with Crippen LogP contribution in [-0.4, -0.2) is 115 Å². The van der Waals surface area contributed by atoms with Gasteiger partial charge in [0.25, 0.3) is 0 Å². The van der Waals surface area contributed by atoms with Gasteiger partial charge in [-0.05, 0) is 36.5 Å². The number of fused-ring (bicyclic) bond motifs is 2. The molecule has 3 aromatic rings. The van der Waals surface area contributed by atoms with Crippen molar-refractivity contribution in [3.05, 3.63) is 85.5 Å². The molecule has 3 aliphatic rings. The van der Waals surface area contributed by atoms with E-state index in [-0.39, 0.29) is 44.5 Å². The fraction of sp³-hybridized carbons (Fsp3) is 0.500. The summed E-state index contributed by atoms with van der Waals surface area (Å²) >= 11 is 3.74. The van der Waals surface area contributed by atoms with Crippen LogP contribution in [0.1, 0.15) is 44.8 Å². The van der Waals surface area contributed by atoms with Crippen LogP contribution in [0.25, 0.3) is 11.0 Å². The van der Waals surface area contributed by atoms with Gasteiger partial charge < -0.3 is 34.4 Å². The van der Waals surface area contributed by atoms with E-state index in [1.165, 1.54) is 16.9 Å². The highest BCUT2D eigenvalue weighted by Gasteiger charge is 2.77. The van der Waals surface area contributed by atoms with Gasteiger partial charge in [0.15, 0.2) is 0 Å². The number of aliphatic hydroxyl groups excluding tert-OH is 1. The number of para-hydroxylation sites is 1. The second kappa shape index (κ2) is 17.1. The summed E-state index contributed by atoms with van der Waals surface area (Å²) in [7, 11) is 1.49. The van der Waals surface area contributed by atoms with Gasteiger partial charge in [-0.3, -0.25) is 19.2 Å². The van der Waals surface area contributed by atoms with E-state index in [9.17, 15) is 19.5 Å². The maximum atomic E-state index is 15.1. The molecule has 3 saturated heterocycles. The van der Waals surface area contributed by atoms with Gasteiger partial charge >= 0.3 is 5.97 Å². The average molecular weight is 822 g/mol. The number of hydrogen-bond donors (Lipinski definition) is 2. The number of allylic oxidation sites excluding steroid dienone is 1. The molecular formula is C40H49BrN6O8. The third-order valence-electron chi connectivity index (χ3n) is 10.9. The maximum Gasteiger partial charge on any atom is 0.313 e. The Kier molecular flexibility index (Phi) is 12.5. The number of alkyl halides is 1. The van der Waals surface area contributed by atoms with Gasteiger partial charge in [0.2, 0.25) is 17.7 Å². The monoisotopic (exact) mass is 820 g/mol. The summed E-state index contributed by atoms with van der Waals surface area (Å²) in [5.41, 5.74) is 0.553. The van der Waals surface area contributed by atoms with E-state index in [2.05, 4.69) is 44.7 Å². The van der Waals surface area contributed by atoms with Gasteiger partial charge in [0.05, 0.1) is 48.8 Å². The smallest absolute Gasteiger partial charge is 0.313 e. The summed E-state index contributed by atoms with van der Waals surface area (Å²) in [6, 6.07) is 13.7. The predicted octanol–water partition coefficient (Wildman–Crippen LogP) is 3.55. The molecule has 3 fully saturated rings. The summed E-state index contributed by atoms with van der Waals surface area (Å²) in [5, 5.41) is 22.2. The van der Waals surface area contributed by atoms with Gasteiger partial charge in [0.1, 0.15) is 29.9 Å². The molecule has 2 bridgehead atoms. The van der Waals surface area contributed by atoms with Gasteiger partial charge in [-0.15, -0.1) is 18.3 Å². The Morgan fingerprint density at radius 1 is 1.15 bits per heavy atom. The molecule has 4 heterocycles. The molecule has 1 spiro atoms. The number of rotatable bonds is 18. The van der Waals surface area contributed by atoms with Crippen LogP contribution in [0.15, 0.2) is 79.9 Å². The van der Waals surface area contributed by atoms with Crippen molar-refractivity contribution in [3.63, 3.8) is 0 Å². The minimum Gasteiger partial charge on any atom is -0.455 e. The Morgan fingerprint density at radius 3 is 2.55 bits per heavy atom. The standard InChI is InChI=1S/C40H49BrN6O8/c1-6-8-18-31(49)42-28(22-53-5)34(25-14-10-9-11-15-25)54-39(52)32-33-37(50)47(30(21-48)24(3)4)36(40(33)20-26(41)35(32)55-40)38(51)45(19-7-2)23-46-29-17-13-12-16-27(29)43-44-46/h6-7,9-17,24,26,28,30,32-36,48H,1-2,8,18-23H2,3-5H3,(H,42,49)/t26?,28-,30-,32-,33+,34-,35-,36-,40+/m0/s1. The molecule has 1 unspecified atom stereocenters. The highest BCUT2D eigenvalue weighted by molar-refractivity contribution is 9.09. The molecule has 15 heteroatoms. The Hall–Kier alpha value is -4.44. The molecule has 0 saturated carbocycles. The zero-order chi connectivity index (χ0) is 39.4. The zero-order valence-corrected chi connectivity index (χ0v) is 32.9. The lowest BCUT2D eigenvalue weighted by atomic mass is 9.70. The molecule has 3 aliphatic heterocycles. The number of halogens is 1. The van der Waals surface area contributed by atoms with Crippen molar-refractivity contribution in [1.82, 2.24) is 30.1 Å². The van der Waals surface area contributed by atoms with Crippen molar-refractivity contribution in [2.75, 3.05) is 26.9 Å². The lowest BCUT2D eigenvalue weighted by Crippen LogP contribution is -2.60. The van der Waals surface area contributed by atoms with Gasteiger partial charge in [-0.2, -0.15) is 0 Å². The van der Waals surface area contributed by atoms with Crippen molar-refractivity contribution in [2.45, 2.75) is 80.5 Å². The van der Waals surface area contributed by atoms with E-state index in [4.69, 9.17) is 14.2 Å². The lowest BCUT2D eigenvalue weighted by Gasteiger charge is -2.40. The van der Waals surface area contributed by atoms with Crippen molar-refractivity contribution >= 4 is 50.7 Å². The molecule has 294 valence electrons. The first-order valence-corrected chi connectivity index (χ1v) is 19.5. The topological polar surface area (TPSA) is 165 Å². The normalized spacial score (nSPS) is 25.7.